The fourth-order valence-corrected chi connectivity index (χ4v) is 5.87. The largest absolute Gasteiger partial charge is 0.465 e. The molecule has 0 saturated carbocycles. The number of carbonyl (C=O) groups is 1. The highest BCUT2D eigenvalue weighted by molar-refractivity contribution is 7.18. The Morgan fingerprint density at radius 2 is 2.14 bits per heavy atom. The van der Waals surface area contributed by atoms with Crippen LogP contribution in [0.4, 0.5) is 0 Å². The molecule has 1 aromatic carbocycles. The lowest BCUT2D eigenvalue weighted by molar-refractivity contribution is -0.946. The second kappa shape index (κ2) is 6.83. The Kier molecular flexibility index (Phi) is 4.29. The minimum atomic E-state index is -0.297. The monoisotopic (exact) mass is 396 g/mol. The average Bonchev–Trinajstić information content (AvgIpc) is 3.27. The lowest BCUT2D eigenvalue weighted by atomic mass is 9.94. The molecule has 6 nitrogen and oxygen atoms in total. The summed E-state index contributed by atoms with van der Waals surface area (Å²) in [6.07, 6.45) is 3.77. The molecule has 28 heavy (non-hydrogen) atoms. The number of methoxy groups -OCH3 is 1. The van der Waals surface area contributed by atoms with E-state index in [1.54, 1.807) is 11.3 Å². The fraction of sp³-hybridized carbons (Fsp3) is 0.381. The molecule has 1 aliphatic carbocycles. The van der Waals surface area contributed by atoms with E-state index in [2.05, 4.69) is 17.1 Å². The number of quaternary nitrogens is 1. The number of aromatic amines is 1. The van der Waals surface area contributed by atoms with E-state index in [0.717, 1.165) is 34.4 Å². The van der Waals surface area contributed by atoms with Gasteiger partial charge in [-0.2, -0.15) is 0 Å². The summed E-state index contributed by atoms with van der Waals surface area (Å²) in [6.45, 7) is 1.19. The molecule has 0 bridgehead atoms. The van der Waals surface area contributed by atoms with Crippen LogP contribution < -0.4 is 10.5 Å². The third-order valence-corrected chi connectivity index (χ3v) is 7.14. The molecule has 0 fully saturated rings. The molecule has 2 atom stereocenters. The molecule has 0 amide bonds. The van der Waals surface area contributed by atoms with Gasteiger partial charge in [0.2, 0.25) is 0 Å². The van der Waals surface area contributed by atoms with Crippen molar-refractivity contribution in [3.8, 4) is 0 Å². The van der Waals surface area contributed by atoms with Crippen molar-refractivity contribution < 1.29 is 14.4 Å². The lowest BCUT2D eigenvalue weighted by Gasteiger charge is -2.31. The maximum atomic E-state index is 12.7. The smallest absolute Gasteiger partial charge is 0.365 e. The van der Waals surface area contributed by atoms with Crippen LogP contribution in [0.1, 0.15) is 33.8 Å². The van der Waals surface area contributed by atoms with Crippen molar-refractivity contribution in [2.45, 2.75) is 44.8 Å². The van der Waals surface area contributed by atoms with Crippen LogP contribution in [0.25, 0.3) is 10.2 Å². The molecule has 1 unspecified atom stereocenters. The molecule has 5 rings (SSSR count). The van der Waals surface area contributed by atoms with E-state index >= 15 is 0 Å². The van der Waals surface area contributed by atoms with Crippen molar-refractivity contribution in [2.75, 3.05) is 7.11 Å². The van der Waals surface area contributed by atoms with Crippen molar-refractivity contribution in [1.29, 1.82) is 0 Å². The van der Waals surface area contributed by atoms with Crippen LogP contribution in [0.3, 0.4) is 0 Å². The van der Waals surface area contributed by atoms with Gasteiger partial charge in [-0.15, -0.1) is 11.3 Å². The number of nitrogens with one attached hydrogen (secondary N) is 2. The van der Waals surface area contributed by atoms with Crippen LogP contribution >= 0.6 is 11.3 Å². The number of aryl methyl sites for hydroxylation is 2. The second-order valence-electron chi connectivity index (χ2n) is 7.61. The Labute approximate surface area is 166 Å². The third kappa shape index (κ3) is 2.86. The molecule has 2 aromatic heterocycles. The predicted molar refractivity (Wildman–Crippen MR) is 107 cm³/mol. The van der Waals surface area contributed by atoms with E-state index in [0.29, 0.717) is 25.3 Å². The van der Waals surface area contributed by atoms with Crippen molar-refractivity contribution in [2.24, 2.45) is 0 Å². The number of H-pyrrole nitrogens is 1. The SMILES string of the molecule is COC(=O)[C@@H]1Cc2ccccc2C[NH+]1Cc1nc2sc3c(c2c(=O)[nH]1)CCC3. The zero-order valence-corrected chi connectivity index (χ0v) is 16.5. The van der Waals surface area contributed by atoms with Gasteiger partial charge in [-0.1, -0.05) is 24.3 Å². The molecule has 0 spiro atoms. The van der Waals surface area contributed by atoms with Gasteiger partial charge >= 0.3 is 5.97 Å². The Morgan fingerprint density at radius 1 is 1.32 bits per heavy atom. The number of hydrogen-bond donors (Lipinski definition) is 2. The number of ether oxygens (including phenoxy) is 1. The number of rotatable bonds is 3. The quantitative estimate of drug-likeness (QED) is 0.652. The van der Waals surface area contributed by atoms with Crippen LogP contribution in [0, 0.1) is 0 Å². The third-order valence-electron chi connectivity index (χ3n) is 5.96. The molecule has 3 heterocycles. The summed E-state index contributed by atoms with van der Waals surface area (Å²) >= 11 is 1.64. The number of carbonyl (C=O) groups excluding carboxylic acids is 1. The van der Waals surface area contributed by atoms with Gasteiger partial charge in [0.1, 0.15) is 17.9 Å². The summed E-state index contributed by atoms with van der Waals surface area (Å²) in [5.74, 6) is 0.420. The number of benzene rings is 1. The van der Waals surface area contributed by atoms with Gasteiger partial charge in [-0.25, -0.2) is 9.78 Å². The average molecular weight is 396 g/mol. The van der Waals surface area contributed by atoms with E-state index in [-0.39, 0.29) is 17.6 Å². The Bertz CT molecular complexity index is 1130. The molecule has 2 N–H and O–H groups in total. The maximum absolute atomic E-state index is 12.7. The second-order valence-corrected chi connectivity index (χ2v) is 8.69. The van der Waals surface area contributed by atoms with Crippen molar-refractivity contribution >= 4 is 27.5 Å². The normalized spacial score (nSPS) is 20.8. The van der Waals surface area contributed by atoms with Gasteiger partial charge in [0, 0.05) is 16.9 Å². The van der Waals surface area contributed by atoms with Crippen LogP contribution in [0.5, 0.6) is 0 Å². The molecule has 3 aromatic rings. The summed E-state index contributed by atoms with van der Waals surface area (Å²) in [5, 5.41) is 0.768. The van der Waals surface area contributed by atoms with Crippen LogP contribution in [0.15, 0.2) is 29.1 Å². The Hall–Kier alpha value is -2.51. The van der Waals surface area contributed by atoms with Crippen molar-refractivity contribution in [1.82, 2.24) is 9.97 Å². The summed E-state index contributed by atoms with van der Waals surface area (Å²) in [4.78, 5) is 36.1. The number of nitrogens with zero attached hydrogens (tertiary/aromatic N) is 1. The molecule has 1 aliphatic heterocycles. The van der Waals surface area contributed by atoms with E-state index in [1.165, 1.54) is 28.7 Å². The van der Waals surface area contributed by atoms with Gasteiger partial charge in [-0.3, -0.25) is 4.79 Å². The van der Waals surface area contributed by atoms with E-state index in [1.807, 2.05) is 12.1 Å². The zero-order chi connectivity index (χ0) is 19.3. The van der Waals surface area contributed by atoms with Gasteiger partial charge < -0.3 is 14.6 Å². The summed E-state index contributed by atoms with van der Waals surface area (Å²) in [6, 6.07) is 7.90. The number of thiophene rings is 1. The molecular weight excluding hydrogens is 374 g/mol. The van der Waals surface area contributed by atoms with Crippen molar-refractivity contribution in [3.63, 3.8) is 0 Å². The van der Waals surface area contributed by atoms with Crippen LogP contribution in [0.2, 0.25) is 0 Å². The highest BCUT2D eigenvalue weighted by atomic mass is 32.1. The minimum Gasteiger partial charge on any atom is -0.465 e. The van der Waals surface area contributed by atoms with E-state index in [9.17, 15) is 9.59 Å². The molecule has 0 radical (unpaired) electrons. The molecule has 2 aliphatic rings. The van der Waals surface area contributed by atoms with Gasteiger partial charge in [-0.05, 0) is 30.4 Å². The van der Waals surface area contributed by atoms with E-state index < -0.39 is 0 Å². The number of esters is 1. The zero-order valence-electron chi connectivity index (χ0n) is 15.7. The highest BCUT2D eigenvalue weighted by Crippen LogP contribution is 2.34. The standard InChI is InChI=1S/C21H21N3O3S/c1-27-21(26)15-9-12-5-2-3-6-13(12)10-24(15)11-17-22-19(25)18-14-7-4-8-16(14)28-20(18)23-17/h2-3,5-6,15H,4,7-11H2,1H3,(H,22,23,25)/p+1/t15-/m0/s1. The first kappa shape index (κ1) is 17.6. The predicted octanol–water partition coefficient (Wildman–Crippen LogP) is 1.16. The first-order valence-corrected chi connectivity index (χ1v) is 10.5. The van der Waals surface area contributed by atoms with Crippen molar-refractivity contribution in [3.05, 3.63) is 62.0 Å². The topological polar surface area (TPSA) is 76.5 Å². The minimum absolute atomic E-state index is 0.0502. The maximum Gasteiger partial charge on any atom is 0.365 e. The highest BCUT2D eigenvalue weighted by Gasteiger charge is 2.36. The molecule has 144 valence electrons. The Morgan fingerprint density at radius 3 is 2.96 bits per heavy atom. The fourth-order valence-electron chi connectivity index (χ4n) is 4.58. The van der Waals surface area contributed by atoms with Gasteiger partial charge in [0.15, 0.2) is 11.9 Å². The summed E-state index contributed by atoms with van der Waals surface area (Å²) < 4.78 is 5.06. The number of fused-ring (bicyclic) bond motifs is 4. The first-order valence-electron chi connectivity index (χ1n) is 9.66. The molecular formula is C21H22N3O3S+. The summed E-state index contributed by atoms with van der Waals surface area (Å²) in [7, 11) is 1.43. The first-order chi connectivity index (χ1) is 13.6. The van der Waals surface area contributed by atoms with Gasteiger partial charge in [0.05, 0.1) is 12.5 Å². The Balaban J connectivity index is 1.50. The number of aromatic nitrogens is 2. The molecule has 0 saturated heterocycles. The van der Waals surface area contributed by atoms with E-state index in [4.69, 9.17) is 9.72 Å². The molecule has 7 heteroatoms. The van der Waals surface area contributed by atoms with Crippen LogP contribution in [-0.4, -0.2) is 29.1 Å². The van der Waals surface area contributed by atoms with Crippen LogP contribution in [-0.2, 0) is 41.9 Å². The van der Waals surface area contributed by atoms with Gasteiger partial charge in [0.25, 0.3) is 5.56 Å². The summed E-state index contributed by atoms with van der Waals surface area (Å²) in [5.41, 5.74) is 3.56. The lowest BCUT2D eigenvalue weighted by Crippen LogP contribution is -3.15. The number of hydrogen-bond acceptors (Lipinski definition) is 5.